The summed E-state index contributed by atoms with van der Waals surface area (Å²) in [6, 6.07) is 0.204. The van der Waals surface area contributed by atoms with Crippen molar-refractivity contribution in [2.75, 3.05) is 11.5 Å². The molecule has 0 radical (unpaired) electrons. The number of hydrogen-bond donors (Lipinski definition) is 1. The second-order valence-corrected chi connectivity index (χ2v) is 5.54. The van der Waals surface area contributed by atoms with Gasteiger partial charge in [0.1, 0.15) is 0 Å². The van der Waals surface area contributed by atoms with Crippen LogP contribution < -0.4 is 5.73 Å². The van der Waals surface area contributed by atoms with Gasteiger partial charge in [-0.15, -0.1) is 0 Å². The summed E-state index contributed by atoms with van der Waals surface area (Å²) >= 11 is 0. The summed E-state index contributed by atoms with van der Waals surface area (Å²) < 4.78 is 11.3. The Hall–Kier alpha value is 0.110. The Morgan fingerprint density at radius 2 is 2.17 bits per heavy atom. The van der Waals surface area contributed by atoms with Gasteiger partial charge < -0.3 is 5.73 Å². The van der Waals surface area contributed by atoms with Crippen LogP contribution in [0.4, 0.5) is 0 Å². The third kappa shape index (κ3) is 4.88. The first-order chi connectivity index (χ1) is 5.68. The Morgan fingerprint density at radius 1 is 1.50 bits per heavy atom. The van der Waals surface area contributed by atoms with Crippen molar-refractivity contribution in [3.8, 4) is 0 Å². The van der Waals surface area contributed by atoms with E-state index in [0.717, 1.165) is 23.8 Å². The monoisotopic (exact) mass is 189 g/mol. The molecule has 2 atom stereocenters. The third-order valence-electron chi connectivity index (χ3n) is 2.25. The fourth-order valence-electron chi connectivity index (χ4n) is 1.12. The maximum atomic E-state index is 11.3. The lowest BCUT2D eigenvalue weighted by molar-refractivity contribution is 0.662. The van der Waals surface area contributed by atoms with Crippen molar-refractivity contribution in [1.29, 1.82) is 0 Å². The largest absolute Gasteiger partial charge is 0.328 e. The average Bonchev–Trinajstić information content (AvgIpc) is 2.80. The van der Waals surface area contributed by atoms with Crippen molar-refractivity contribution >= 4 is 10.8 Å². The Kier molecular flexibility index (Phi) is 4.22. The quantitative estimate of drug-likeness (QED) is 0.684. The number of nitrogens with two attached hydrogens (primary N) is 1. The van der Waals surface area contributed by atoms with Crippen molar-refractivity contribution in [3.05, 3.63) is 0 Å². The molecule has 0 saturated heterocycles. The average molecular weight is 189 g/mol. The first kappa shape index (κ1) is 10.2. The smallest absolute Gasteiger partial charge is 0.0249 e. The molecule has 0 aromatic carbocycles. The predicted molar refractivity (Wildman–Crippen MR) is 53.5 cm³/mol. The molecule has 12 heavy (non-hydrogen) atoms. The molecule has 1 rings (SSSR count). The molecular weight excluding hydrogens is 170 g/mol. The molecule has 2 nitrogen and oxygen atoms in total. The van der Waals surface area contributed by atoms with Gasteiger partial charge in [0, 0.05) is 28.3 Å². The molecule has 0 heterocycles. The Labute approximate surface area is 77.4 Å². The van der Waals surface area contributed by atoms with Gasteiger partial charge in [-0.2, -0.15) is 0 Å². The van der Waals surface area contributed by atoms with E-state index >= 15 is 0 Å². The zero-order valence-corrected chi connectivity index (χ0v) is 8.61. The standard InChI is InChI=1S/C9H19NOS/c1-8(10)4-6-12(11)7-5-9-2-3-9/h8-9H,2-7,10H2,1H3. The van der Waals surface area contributed by atoms with Crippen LogP contribution in [0.3, 0.4) is 0 Å². The maximum Gasteiger partial charge on any atom is 0.0249 e. The molecule has 0 aliphatic heterocycles. The van der Waals surface area contributed by atoms with E-state index in [1.165, 1.54) is 19.3 Å². The molecule has 1 saturated carbocycles. The van der Waals surface area contributed by atoms with Crippen LogP contribution in [-0.2, 0) is 10.8 Å². The number of rotatable bonds is 6. The highest BCUT2D eigenvalue weighted by Gasteiger charge is 2.21. The van der Waals surface area contributed by atoms with Gasteiger partial charge in [0.15, 0.2) is 0 Å². The fraction of sp³-hybridized carbons (Fsp3) is 1.00. The second-order valence-electron chi connectivity index (χ2n) is 3.85. The van der Waals surface area contributed by atoms with E-state index < -0.39 is 10.8 Å². The molecule has 1 fully saturated rings. The predicted octanol–water partition coefficient (Wildman–Crippen LogP) is 1.27. The zero-order chi connectivity index (χ0) is 8.97. The van der Waals surface area contributed by atoms with E-state index in [1.807, 2.05) is 6.92 Å². The van der Waals surface area contributed by atoms with Gasteiger partial charge in [-0.25, -0.2) is 0 Å². The fourth-order valence-corrected chi connectivity index (χ4v) is 2.56. The Bertz CT molecular complexity index is 147. The van der Waals surface area contributed by atoms with Crippen LogP contribution in [0.25, 0.3) is 0 Å². The van der Waals surface area contributed by atoms with Gasteiger partial charge in [0.2, 0.25) is 0 Å². The lowest BCUT2D eigenvalue weighted by Crippen LogP contribution is -2.18. The minimum atomic E-state index is -0.601. The van der Waals surface area contributed by atoms with Gasteiger partial charge in [0.25, 0.3) is 0 Å². The van der Waals surface area contributed by atoms with Crippen LogP contribution in [-0.4, -0.2) is 21.8 Å². The molecular formula is C9H19NOS. The highest BCUT2D eigenvalue weighted by atomic mass is 32.2. The summed E-state index contributed by atoms with van der Waals surface area (Å²) in [6.45, 7) is 1.97. The van der Waals surface area contributed by atoms with Gasteiger partial charge in [-0.05, 0) is 25.7 Å². The van der Waals surface area contributed by atoms with Crippen molar-refractivity contribution in [2.45, 2.75) is 38.6 Å². The first-order valence-corrected chi connectivity index (χ1v) is 6.28. The molecule has 3 heteroatoms. The van der Waals surface area contributed by atoms with E-state index in [2.05, 4.69) is 0 Å². The van der Waals surface area contributed by atoms with Gasteiger partial charge in [-0.3, -0.25) is 4.21 Å². The summed E-state index contributed by atoms with van der Waals surface area (Å²) in [6.07, 6.45) is 4.80. The minimum absolute atomic E-state index is 0.204. The summed E-state index contributed by atoms with van der Waals surface area (Å²) in [4.78, 5) is 0. The Balaban J connectivity index is 1.95. The van der Waals surface area contributed by atoms with Crippen molar-refractivity contribution in [1.82, 2.24) is 0 Å². The molecule has 0 bridgehead atoms. The zero-order valence-electron chi connectivity index (χ0n) is 7.79. The molecule has 2 N–H and O–H groups in total. The first-order valence-electron chi connectivity index (χ1n) is 4.79. The van der Waals surface area contributed by atoms with Gasteiger partial charge in [0.05, 0.1) is 0 Å². The van der Waals surface area contributed by atoms with Crippen LogP contribution in [0.2, 0.25) is 0 Å². The van der Waals surface area contributed by atoms with Crippen LogP contribution in [0.15, 0.2) is 0 Å². The highest BCUT2D eigenvalue weighted by molar-refractivity contribution is 7.84. The van der Waals surface area contributed by atoms with Crippen LogP contribution in [0.1, 0.15) is 32.6 Å². The van der Waals surface area contributed by atoms with Crippen LogP contribution in [0, 0.1) is 5.92 Å². The number of hydrogen-bond acceptors (Lipinski definition) is 2. The molecule has 1 aliphatic rings. The van der Waals surface area contributed by atoms with Crippen molar-refractivity contribution < 1.29 is 4.21 Å². The van der Waals surface area contributed by atoms with E-state index in [1.54, 1.807) is 0 Å². The summed E-state index contributed by atoms with van der Waals surface area (Å²) in [5, 5.41) is 0. The molecule has 0 amide bonds. The van der Waals surface area contributed by atoms with E-state index in [-0.39, 0.29) is 6.04 Å². The molecule has 72 valence electrons. The highest BCUT2D eigenvalue weighted by Crippen LogP contribution is 2.32. The van der Waals surface area contributed by atoms with Crippen molar-refractivity contribution in [2.24, 2.45) is 11.7 Å². The summed E-state index contributed by atoms with van der Waals surface area (Å²) in [7, 11) is -0.601. The van der Waals surface area contributed by atoms with Crippen LogP contribution in [0.5, 0.6) is 0 Å². The van der Waals surface area contributed by atoms with E-state index in [9.17, 15) is 4.21 Å². The summed E-state index contributed by atoms with van der Waals surface area (Å²) in [5.74, 6) is 2.60. The van der Waals surface area contributed by atoms with Gasteiger partial charge >= 0.3 is 0 Å². The van der Waals surface area contributed by atoms with Crippen LogP contribution >= 0.6 is 0 Å². The lowest BCUT2D eigenvalue weighted by Gasteiger charge is -2.04. The normalized spacial score (nSPS) is 22.2. The molecule has 0 aromatic rings. The second kappa shape index (κ2) is 4.97. The molecule has 2 unspecified atom stereocenters. The molecule has 0 spiro atoms. The summed E-state index contributed by atoms with van der Waals surface area (Å²) in [5.41, 5.74) is 5.57. The van der Waals surface area contributed by atoms with Crippen molar-refractivity contribution in [3.63, 3.8) is 0 Å². The Morgan fingerprint density at radius 3 is 2.67 bits per heavy atom. The SMILES string of the molecule is CC(N)CCS(=O)CCC1CC1. The molecule has 0 aromatic heterocycles. The molecule has 1 aliphatic carbocycles. The maximum absolute atomic E-state index is 11.3. The van der Waals surface area contributed by atoms with E-state index in [0.29, 0.717) is 0 Å². The third-order valence-corrected chi connectivity index (χ3v) is 3.63. The lowest BCUT2D eigenvalue weighted by atomic mass is 10.3. The topological polar surface area (TPSA) is 43.1 Å². The van der Waals surface area contributed by atoms with E-state index in [4.69, 9.17) is 5.73 Å². The minimum Gasteiger partial charge on any atom is -0.328 e. The van der Waals surface area contributed by atoms with Gasteiger partial charge in [-0.1, -0.05) is 12.8 Å².